The molecule has 0 bridgehead atoms. The van der Waals surface area contributed by atoms with Gasteiger partial charge in [0.1, 0.15) is 0 Å². The molecule has 0 N–H and O–H groups in total. The summed E-state index contributed by atoms with van der Waals surface area (Å²) in [5.74, 6) is 0. The maximum Gasteiger partial charge on any atom is 0.0737 e. The predicted octanol–water partition coefficient (Wildman–Crippen LogP) is 8.45. The molecular weight excluding hydrogens is 544 g/mol. The molecule has 0 unspecified atom stereocenters. The van der Waals surface area contributed by atoms with Crippen molar-refractivity contribution in [2.24, 2.45) is 0 Å². The monoisotopic (exact) mass is 546 g/mol. The Hall–Kier alpha value is 2.07. The summed E-state index contributed by atoms with van der Waals surface area (Å²) in [6.45, 7) is 0. The van der Waals surface area contributed by atoms with Crippen LogP contribution in [0.2, 0.25) is 30.1 Å². The van der Waals surface area contributed by atoms with Crippen LogP contribution in [0.25, 0.3) is 0 Å². The van der Waals surface area contributed by atoms with Crippen molar-refractivity contribution in [1.29, 1.82) is 0 Å². The van der Waals surface area contributed by atoms with E-state index in [1.54, 1.807) is 0 Å². The van der Waals surface area contributed by atoms with E-state index in [0.717, 1.165) is 0 Å². The van der Waals surface area contributed by atoms with Crippen LogP contribution in [0, 0.1) is 0 Å². The molecular formula is C12H6Cl6NiS4. The average molecular weight is 550 g/mol. The van der Waals surface area contributed by atoms with E-state index in [1.807, 2.05) is 0 Å². The number of benzene rings is 2. The van der Waals surface area contributed by atoms with Gasteiger partial charge in [-0.2, -0.15) is 0 Å². The fourth-order valence-corrected chi connectivity index (χ4v) is 3.60. The Bertz CT molecular complexity index is 612. The van der Waals surface area contributed by atoms with Crippen LogP contribution in [-0.2, 0) is 16.5 Å². The summed E-state index contributed by atoms with van der Waals surface area (Å²) in [5, 5.41) is 2.44. The fourth-order valence-electron chi connectivity index (χ4n) is 1.15. The van der Waals surface area contributed by atoms with Crippen LogP contribution >= 0.6 is 120 Å². The van der Waals surface area contributed by atoms with Crippen molar-refractivity contribution in [2.75, 3.05) is 0 Å². The van der Waals surface area contributed by atoms with Gasteiger partial charge in [-0.05, 0) is 12.1 Å². The summed E-state index contributed by atoms with van der Waals surface area (Å²) < 4.78 is 0. The maximum atomic E-state index is 5.74. The van der Waals surface area contributed by atoms with E-state index in [1.165, 1.54) is 12.1 Å². The van der Waals surface area contributed by atoms with Gasteiger partial charge in [0.2, 0.25) is 0 Å². The molecule has 2 rings (SSSR count). The van der Waals surface area contributed by atoms with Gasteiger partial charge in [0, 0.05) is 36.1 Å². The van der Waals surface area contributed by atoms with Crippen LogP contribution in [0.5, 0.6) is 0 Å². The van der Waals surface area contributed by atoms with Crippen molar-refractivity contribution in [2.45, 2.75) is 19.6 Å². The SMILES string of the molecule is Sc1c(Cl)cc(Cl)c(Cl)c1S.Sc1c(Cl)cc(Cl)c(Cl)c1S.[Ni]. The van der Waals surface area contributed by atoms with Crippen LogP contribution in [0.4, 0.5) is 0 Å². The molecule has 0 spiro atoms. The van der Waals surface area contributed by atoms with Crippen LogP contribution in [0.15, 0.2) is 31.7 Å². The van der Waals surface area contributed by atoms with Crippen molar-refractivity contribution in [3.63, 3.8) is 0 Å². The number of hydrogen-bond donors (Lipinski definition) is 4. The van der Waals surface area contributed by atoms with E-state index < -0.39 is 0 Å². The quantitative estimate of drug-likeness (QED) is 0.141. The molecule has 0 aliphatic rings. The molecule has 0 saturated carbocycles. The summed E-state index contributed by atoms with van der Waals surface area (Å²) in [4.78, 5) is 2.11. The van der Waals surface area contributed by atoms with Gasteiger partial charge in [-0.15, -0.1) is 50.5 Å². The first kappa shape index (κ1) is 25.1. The largest absolute Gasteiger partial charge is 0.141 e. The molecule has 130 valence electrons. The third-order valence-corrected chi connectivity index (χ3v) is 7.12. The van der Waals surface area contributed by atoms with E-state index in [9.17, 15) is 0 Å². The van der Waals surface area contributed by atoms with Crippen molar-refractivity contribution in [3.8, 4) is 0 Å². The van der Waals surface area contributed by atoms with Crippen molar-refractivity contribution in [1.82, 2.24) is 0 Å². The Morgan fingerprint density at radius 1 is 0.478 bits per heavy atom. The Morgan fingerprint density at radius 3 is 1.00 bits per heavy atom. The molecule has 0 radical (unpaired) electrons. The molecule has 0 fully saturated rings. The third-order valence-electron chi connectivity index (χ3n) is 2.24. The minimum Gasteiger partial charge on any atom is -0.141 e. The van der Waals surface area contributed by atoms with Gasteiger partial charge in [-0.1, -0.05) is 69.6 Å². The molecule has 0 nitrogen and oxygen atoms in total. The van der Waals surface area contributed by atoms with Crippen LogP contribution < -0.4 is 0 Å². The molecule has 0 saturated heterocycles. The standard InChI is InChI=1S/2C6H3Cl3S2.Ni/c2*7-2-1-3(8)5(10)6(11)4(2)9;/h2*1,10-11H;. The number of thiol groups is 4. The Kier molecular flexibility index (Phi) is 12.0. The minimum absolute atomic E-state index is 0. The van der Waals surface area contributed by atoms with Crippen LogP contribution in [0.3, 0.4) is 0 Å². The normalized spacial score (nSPS) is 9.83. The third kappa shape index (κ3) is 6.63. The number of rotatable bonds is 0. The molecule has 0 atom stereocenters. The zero-order valence-electron chi connectivity index (χ0n) is 10.5. The zero-order chi connectivity index (χ0) is 17.2. The molecule has 23 heavy (non-hydrogen) atoms. The molecule has 0 aliphatic heterocycles. The van der Waals surface area contributed by atoms with Gasteiger partial charge in [0.25, 0.3) is 0 Å². The Balaban J connectivity index is 0.000000403. The molecule has 2 aromatic carbocycles. The van der Waals surface area contributed by atoms with Crippen LogP contribution in [0.1, 0.15) is 0 Å². The van der Waals surface area contributed by atoms with Gasteiger partial charge >= 0.3 is 0 Å². The maximum absolute atomic E-state index is 5.74. The molecule has 0 aromatic heterocycles. The van der Waals surface area contributed by atoms with Crippen molar-refractivity contribution < 1.29 is 16.5 Å². The average Bonchev–Trinajstić information content (AvgIpc) is 2.47. The van der Waals surface area contributed by atoms with E-state index in [-0.39, 0.29) is 16.5 Å². The molecule has 11 heteroatoms. The molecule has 0 aliphatic carbocycles. The van der Waals surface area contributed by atoms with Gasteiger partial charge in [-0.3, -0.25) is 0 Å². The van der Waals surface area contributed by atoms with E-state index in [4.69, 9.17) is 69.6 Å². The van der Waals surface area contributed by atoms with Crippen molar-refractivity contribution >= 4 is 120 Å². The molecule has 0 heterocycles. The summed E-state index contributed by atoms with van der Waals surface area (Å²) in [6.07, 6.45) is 0. The summed E-state index contributed by atoms with van der Waals surface area (Å²) >= 11 is 50.6. The predicted molar refractivity (Wildman–Crippen MR) is 112 cm³/mol. The summed E-state index contributed by atoms with van der Waals surface area (Å²) in [7, 11) is 0. The topological polar surface area (TPSA) is 0 Å². The Labute approximate surface area is 196 Å². The summed E-state index contributed by atoms with van der Waals surface area (Å²) in [6, 6.07) is 3.07. The summed E-state index contributed by atoms with van der Waals surface area (Å²) in [5.41, 5.74) is 0. The number of halogens is 6. The van der Waals surface area contributed by atoms with Crippen LogP contribution in [-0.4, -0.2) is 0 Å². The second kappa shape index (κ2) is 11.0. The molecule has 0 amide bonds. The van der Waals surface area contributed by atoms with Gasteiger partial charge in [0.05, 0.1) is 30.1 Å². The second-order valence-corrected chi connectivity index (χ2v) is 7.88. The fraction of sp³-hybridized carbons (Fsp3) is 0. The van der Waals surface area contributed by atoms with Crippen molar-refractivity contribution in [3.05, 3.63) is 42.3 Å². The van der Waals surface area contributed by atoms with Gasteiger partial charge in [0.15, 0.2) is 0 Å². The first-order valence-corrected chi connectivity index (χ1v) is 9.24. The molecule has 2 aromatic rings. The van der Waals surface area contributed by atoms with E-state index >= 15 is 0 Å². The first-order chi connectivity index (χ1) is 10.1. The first-order valence-electron chi connectivity index (χ1n) is 5.18. The van der Waals surface area contributed by atoms with E-state index in [2.05, 4.69) is 50.5 Å². The second-order valence-electron chi connectivity index (χ2n) is 3.70. The van der Waals surface area contributed by atoms with Gasteiger partial charge in [-0.25, -0.2) is 0 Å². The number of hydrogen-bond acceptors (Lipinski definition) is 4. The smallest absolute Gasteiger partial charge is 0.0737 e. The Morgan fingerprint density at radius 2 is 0.739 bits per heavy atom. The zero-order valence-corrected chi connectivity index (χ0v) is 19.6. The minimum atomic E-state index is 0. The van der Waals surface area contributed by atoms with Gasteiger partial charge < -0.3 is 0 Å². The van der Waals surface area contributed by atoms with E-state index in [0.29, 0.717) is 49.7 Å².